The molecule has 100 valence electrons. The normalized spacial score (nSPS) is 21.9. The second-order valence-corrected chi connectivity index (χ2v) is 7.50. The van der Waals surface area contributed by atoms with Gasteiger partial charge in [0.25, 0.3) is 0 Å². The predicted octanol–water partition coefficient (Wildman–Crippen LogP) is 1.60. The Labute approximate surface area is 116 Å². The van der Waals surface area contributed by atoms with E-state index in [1.54, 1.807) is 0 Å². The number of nitrogens with one attached hydrogen (secondary N) is 1. The predicted molar refractivity (Wildman–Crippen MR) is 74.7 cm³/mol. The monoisotopic (exact) mass is 333 g/mol. The smallest absolute Gasteiger partial charge is 0.151 e. The minimum atomic E-state index is -2.80. The van der Waals surface area contributed by atoms with Gasteiger partial charge in [-0.2, -0.15) is 0 Å². The van der Waals surface area contributed by atoms with Gasteiger partial charge in [-0.1, -0.05) is 22.0 Å². The molecule has 0 aromatic heterocycles. The Kier molecular flexibility index (Phi) is 4.64. The minimum Gasteiger partial charge on any atom is -0.492 e. The fourth-order valence-corrected chi connectivity index (χ4v) is 4.03. The van der Waals surface area contributed by atoms with Crippen molar-refractivity contribution in [3.63, 3.8) is 0 Å². The van der Waals surface area contributed by atoms with E-state index in [1.165, 1.54) is 0 Å². The number of halogens is 1. The summed E-state index contributed by atoms with van der Waals surface area (Å²) in [4.78, 5) is 0. The summed E-state index contributed by atoms with van der Waals surface area (Å²) in [5, 5.41) is 3.21. The van der Waals surface area contributed by atoms with Gasteiger partial charge >= 0.3 is 0 Å². The summed E-state index contributed by atoms with van der Waals surface area (Å²) in [6.07, 6.45) is 0.708. The van der Waals surface area contributed by atoms with E-state index < -0.39 is 9.84 Å². The summed E-state index contributed by atoms with van der Waals surface area (Å²) in [7, 11) is -2.80. The van der Waals surface area contributed by atoms with Crippen LogP contribution >= 0.6 is 15.9 Å². The lowest BCUT2D eigenvalue weighted by molar-refractivity contribution is 0.307. The zero-order chi connectivity index (χ0) is 13.0. The molecule has 18 heavy (non-hydrogen) atoms. The number of ether oxygens (including phenoxy) is 1. The van der Waals surface area contributed by atoms with Gasteiger partial charge in [0.15, 0.2) is 9.84 Å². The zero-order valence-electron chi connectivity index (χ0n) is 9.93. The fourth-order valence-electron chi connectivity index (χ4n) is 1.94. The molecule has 4 nitrogen and oxygen atoms in total. The van der Waals surface area contributed by atoms with Crippen LogP contribution in [0.25, 0.3) is 0 Å². The maximum absolute atomic E-state index is 11.3. The highest BCUT2D eigenvalue weighted by Gasteiger charge is 2.26. The van der Waals surface area contributed by atoms with E-state index >= 15 is 0 Å². The Bertz CT molecular complexity index is 504. The van der Waals surface area contributed by atoms with Crippen molar-refractivity contribution >= 4 is 25.8 Å². The second kappa shape index (κ2) is 6.04. The fraction of sp³-hybridized carbons (Fsp3) is 0.500. The molecule has 1 aromatic rings. The summed E-state index contributed by atoms with van der Waals surface area (Å²) in [5.41, 5.74) is 0. The third kappa shape index (κ3) is 4.26. The molecule has 0 saturated carbocycles. The van der Waals surface area contributed by atoms with Crippen molar-refractivity contribution in [1.29, 1.82) is 0 Å². The molecule has 0 amide bonds. The van der Waals surface area contributed by atoms with E-state index in [-0.39, 0.29) is 11.8 Å². The highest BCUT2D eigenvalue weighted by molar-refractivity contribution is 9.10. The molecular weight excluding hydrogens is 318 g/mol. The van der Waals surface area contributed by atoms with Crippen LogP contribution in [0.3, 0.4) is 0 Å². The van der Waals surface area contributed by atoms with Crippen molar-refractivity contribution < 1.29 is 13.2 Å². The number of rotatable bonds is 5. The molecule has 0 radical (unpaired) electrons. The van der Waals surface area contributed by atoms with Gasteiger partial charge in [-0.15, -0.1) is 0 Å². The van der Waals surface area contributed by atoms with Crippen LogP contribution in [0.2, 0.25) is 0 Å². The molecule has 1 aliphatic rings. The molecule has 6 heteroatoms. The van der Waals surface area contributed by atoms with Crippen LogP contribution in [0.1, 0.15) is 6.42 Å². The van der Waals surface area contributed by atoms with Crippen LogP contribution < -0.4 is 10.1 Å². The number of benzene rings is 1. The molecular formula is C12H16BrNO3S. The first-order chi connectivity index (χ1) is 8.55. The standard InChI is InChI=1S/C12H16BrNO3S/c13-10-2-1-3-12(8-10)17-6-5-14-11-4-7-18(15,16)9-11/h1-3,8,11,14H,4-7,9H2. The molecule has 1 aliphatic heterocycles. The molecule has 1 N–H and O–H groups in total. The summed E-state index contributed by atoms with van der Waals surface area (Å²) in [5.74, 6) is 1.37. The van der Waals surface area contributed by atoms with Crippen LogP contribution in [-0.4, -0.2) is 39.1 Å². The van der Waals surface area contributed by atoms with Crippen LogP contribution in [0.15, 0.2) is 28.7 Å². The lowest BCUT2D eigenvalue weighted by Gasteiger charge is -2.11. The Morgan fingerprint density at radius 2 is 2.28 bits per heavy atom. The quantitative estimate of drug-likeness (QED) is 0.831. The van der Waals surface area contributed by atoms with Crippen molar-refractivity contribution in [2.24, 2.45) is 0 Å². The van der Waals surface area contributed by atoms with Crippen molar-refractivity contribution in [3.05, 3.63) is 28.7 Å². The average molecular weight is 334 g/mol. The molecule has 1 unspecified atom stereocenters. The molecule has 1 saturated heterocycles. The molecule has 0 bridgehead atoms. The first-order valence-corrected chi connectivity index (χ1v) is 8.49. The molecule has 1 fully saturated rings. The lowest BCUT2D eigenvalue weighted by atomic mass is 10.3. The maximum Gasteiger partial charge on any atom is 0.151 e. The summed E-state index contributed by atoms with van der Waals surface area (Å²) >= 11 is 3.38. The van der Waals surface area contributed by atoms with Gasteiger partial charge in [0, 0.05) is 17.1 Å². The van der Waals surface area contributed by atoms with E-state index in [9.17, 15) is 8.42 Å². The van der Waals surface area contributed by atoms with Gasteiger partial charge in [-0.3, -0.25) is 0 Å². The van der Waals surface area contributed by atoms with Gasteiger partial charge in [0.2, 0.25) is 0 Å². The Morgan fingerprint density at radius 3 is 2.94 bits per heavy atom. The summed E-state index contributed by atoms with van der Waals surface area (Å²) in [6, 6.07) is 7.73. The Morgan fingerprint density at radius 1 is 1.44 bits per heavy atom. The number of hydrogen-bond acceptors (Lipinski definition) is 4. The SMILES string of the molecule is O=S1(=O)CCC(NCCOc2cccc(Br)c2)C1. The van der Waals surface area contributed by atoms with Gasteiger partial charge in [-0.25, -0.2) is 8.42 Å². The lowest BCUT2D eigenvalue weighted by Crippen LogP contribution is -2.33. The topological polar surface area (TPSA) is 55.4 Å². The van der Waals surface area contributed by atoms with Crippen LogP contribution in [-0.2, 0) is 9.84 Å². The van der Waals surface area contributed by atoms with Crippen LogP contribution in [0.4, 0.5) is 0 Å². The van der Waals surface area contributed by atoms with E-state index in [0.29, 0.717) is 25.3 Å². The largest absolute Gasteiger partial charge is 0.492 e. The van der Waals surface area contributed by atoms with E-state index in [1.807, 2.05) is 24.3 Å². The first-order valence-electron chi connectivity index (χ1n) is 5.87. The molecule has 2 rings (SSSR count). The summed E-state index contributed by atoms with van der Waals surface area (Å²) < 4.78 is 29.1. The van der Waals surface area contributed by atoms with Gasteiger partial charge in [0.1, 0.15) is 12.4 Å². The van der Waals surface area contributed by atoms with Crippen LogP contribution in [0.5, 0.6) is 5.75 Å². The maximum atomic E-state index is 11.3. The van der Waals surface area contributed by atoms with Gasteiger partial charge < -0.3 is 10.1 Å². The van der Waals surface area contributed by atoms with E-state index in [4.69, 9.17) is 4.74 Å². The van der Waals surface area contributed by atoms with E-state index in [2.05, 4.69) is 21.2 Å². The average Bonchev–Trinajstić information content (AvgIpc) is 2.65. The highest BCUT2D eigenvalue weighted by atomic mass is 79.9. The highest BCUT2D eigenvalue weighted by Crippen LogP contribution is 2.17. The van der Waals surface area contributed by atoms with E-state index in [0.717, 1.165) is 10.2 Å². The molecule has 1 heterocycles. The van der Waals surface area contributed by atoms with Crippen molar-refractivity contribution in [2.75, 3.05) is 24.7 Å². The Hall–Kier alpha value is -0.590. The number of sulfone groups is 1. The molecule has 0 aliphatic carbocycles. The molecule has 1 aromatic carbocycles. The number of hydrogen-bond donors (Lipinski definition) is 1. The van der Waals surface area contributed by atoms with Crippen molar-refractivity contribution in [3.8, 4) is 5.75 Å². The summed E-state index contributed by atoms with van der Waals surface area (Å²) in [6.45, 7) is 1.19. The third-order valence-electron chi connectivity index (χ3n) is 2.83. The first kappa shape index (κ1) is 13.8. The molecule has 0 spiro atoms. The van der Waals surface area contributed by atoms with Gasteiger partial charge in [0.05, 0.1) is 11.5 Å². The van der Waals surface area contributed by atoms with Crippen molar-refractivity contribution in [1.82, 2.24) is 5.32 Å². The zero-order valence-corrected chi connectivity index (χ0v) is 12.3. The van der Waals surface area contributed by atoms with Crippen LogP contribution in [0, 0.1) is 0 Å². The van der Waals surface area contributed by atoms with Gasteiger partial charge in [-0.05, 0) is 24.6 Å². The molecule has 1 atom stereocenters. The third-order valence-corrected chi connectivity index (χ3v) is 5.09. The Balaban J connectivity index is 1.68. The van der Waals surface area contributed by atoms with Crippen molar-refractivity contribution in [2.45, 2.75) is 12.5 Å². The second-order valence-electron chi connectivity index (χ2n) is 4.36. The minimum absolute atomic E-state index is 0.0844.